The van der Waals surface area contributed by atoms with E-state index in [9.17, 15) is 9.59 Å². The molecule has 1 heterocycles. The van der Waals surface area contributed by atoms with Crippen LogP contribution in [0.5, 0.6) is 0 Å². The number of esters is 1. The molecule has 1 aromatic heterocycles. The predicted molar refractivity (Wildman–Crippen MR) is 78.9 cm³/mol. The lowest BCUT2D eigenvalue weighted by atomic mass is 10.1. The summed E-state index contributed by atoms with van der Waals surface area (Å²) < 4.78 is 6.57. The zero-order valence-electron chi connectivity index (χ0n) is 12.1. The van der Waals surface area contributed by atoms with Crippen LogP contribution in [0.25, 0.3) is 10.9 Å². The molecule has 0 fully saturated rings. The van der Waals surface area contributed by atoms with Crippen LogP contribution in [0.15, 0.2) is 29.1 Å². The molecule has 4 heteroatoms. The highest BCUT2D eigenvalue weighted by molar-refractivity contribution is 5.86. The number of carbonyl (C=O) groups excluding carboxylic acids is 1. The smallest absolute Gasteiger partial charge is 0.326 e. The average Bonchev–Trinajstić information content (AvgIpc) is 2.41. The van der Waals surface area contributed by atoms with Crippen molar-refractivity contribution in [2.24, 2.45) is 0 Å². The third-order valence-corrected chi connectivity index (χ3v) is 3.29. The Labute approximate surface area is 118 Å². The minimum Gasteiger partial charge on any atom is -0.464 e. The van der Waals surface area contributed by atoms with E-state index in [1.54, 1.807) is 6.07 Å². The van der Waals surface area contributed by atoms with Crippen LogP contribution >= 0.6 is 0 Å². The van der Waals surface area contributed by atoms with Gasteiger partial charge in [-0.1, -0.05) is 25.1 Å². The first-order chi connectivity index (χ1) is 9.54. The molecular weight excluding hydrogens is 254 g/mol. The van der Waals surface area contributed by atoms with Crippen LogP contribution in [0.4, 0.5) is 0 Å². The Balaban J connectivity index is 2.52. The van der Waals surface area contributed by atoms with Gasteiger partial charge in [0.05, 0.1) is 12.1 Å². The standard InChI is InChI=1S/C16H19NO3/c1-4-8-20-15(19)10-17-14(18)9-12(3)13-7-5-6-11(2)16(13)17/h5-7,9H,4,8,10H2,1-3H3. The lowest BCUT2D eigenvalue weighted by Gasteiger charge is -2.13. The van der Waals surface area contributed by atoms with Crippen molar-refractivity contribution < 1.29 is 9.53 Å². The average molecular weight is 273 g/mol. The van der Waals surface area contributed by atoms with Gasteiger partial charge in [-0.2, -0.15) is 0 Å². The maximum atomic E-state index is 12.2. The number of benzene rings is 1. The van der Waals surface area contributed by atoms with Gasteiger partial charge in [0.25, 0.3) is 5.56 Å². The third kappa shape index (κ3) is 2.74. The maximum Gasteiger partial charge on any atom is 0.326 e. The van der Waals surface area contributed by atoms with Crippen molar-refractivity contribution >= 4 is 16.9 Å². The van der Waals surface area contributed by atoms with Crippen molar-refractivity contribution in [2.45, 2.75) is 33.7 Å². The van der Waals surface area contributed by atoms with E-state index in [1.165, 1.54) is 4.57 Å². The minimum atomic E-state index is -0.373. The van der Waals surface area contributed by atoms with E-state index < -0.39 is 0 Å². The second-order valence-electron chi connectivity index (χ2n) is 4.94. The first-order valence-corrected chi connectivity index (χ1v) is 6.80. The lowest BCUT2D eigenvalue weighted by Crippen LogP contribution is -2.26. The number of ether oxygens (including phenoxy) is 1. The first-order valence-electron chi connectivity index (χ1n) is 6.80. The zero-order chi connectivity index (χ0) is 14.7. The van der Waals surface area contributed by atoms with Crippen LogP contribution in [0.3, 0.4) is 0 Å². The highest BCUT2D eigenvalue weighted by Crippen LogP contribution is 2.19. The Morgan fingerprint density at radius 3 is 2.70 bits per heavy atom. The molecule has 2 aromatic rings. The summed E-state index contributed by atoms with van der Waals surface area (Å²) in [6.45, 7) is 6.12. The van der Waals surface area contributed by atoms with E-state index in [1.807, 2.05) is 39.0 Å². The first kappa shape index (κ1) is 14.3. The van der Waals surface area contributed by atoms with Crippen LogP contribution in [0.2, 0.25) is 0 Å². The van der Waals surface area contributed by atoms with Gasteiger partial charge < -0.3 is 4.74 Å². The molecule has 0 aliphatic heterocycles. The molecule has 106 valence electrons. The molecule has 4 nitrogen and oxygen atoms in total. The molecule has 0 saturated heterocycles. The maximum absolute atomic E-state index is 12.2. The topological polar surface area (TPSA) is 48.3 Å². The molecule has 0 aliphatic rings. The van der Waals surface area contributed by atoms with E-state index in [2.05, 4.69) is 0 Å². The molecule has 0 saturated carbocycles. The molecule has 0 aliphatic carbocycles. The second kappa shape index (κ2) is 5.90. The molecule has 0 atom stereocenters. The number of nitrogens with zero attached hydrogens (tertiary/aromatic N) is 1. The number of pyridine rings is 1. The molecule has 1 aromatic carbocycles. The predicted octanol–water partition coefficient (Wildman–Crippen LogP) is 2.57. The van der Waals surface area contributed by atoms with Gasteiger partial charge in [0.15, 0.2) is 0 Å². The summed E-state index contributed by atoms with van der Waals surface area (Å²) in [5, 5.41) is 0.993. The Bertz CT molecular complexity index is 701. The van der Waals surface area contributed by atoms with Gasteiger partial charge >= 0.3 is 5.97 Å². The Kier molecular flexibility index (Phi) is 4.23. The summed E-state index contributed by atoms with van der Waals surface area (Å²) in [5.41, 5.74) is 2.54. The highest BCUT2D eigenvalue weighted by Gasteiger charge is 2.12. The van der Waals surface area contributed by atoms with Gasteiger partial charge in [-0.3, -0.25) is 14.2 Å². The number of para-hydroxylation sites is 1. The number of aromatic nitrogens is 1. The summed E-state index contributed by atoms with van der Waals surface area (Å²) in [7, 11) is 0. The van der Waals surface area contributed by atoms with Gasteiger partial charge in [0.1, 0.15) is 6.54 Å². The van der Waals surface area contributed by atoms with Crippen molar-refractivity contribution in [1.82, 2.24) is 4.57 Å². The summed E-state index contributed by atoms with van der Waals surface area (Å²) in [6, 6.07) is 7.42. The van der Waals surface area contributed by atoms with Gasteiger partial charge in [0.2, 0.25) is 0 Å². The fourth-order valence-electron chi connectivity index (χ4n) is 2.33. The van der Waals surface area contributed by atoms with E-state index in [-0.39, 0.29) is 18.1 Å². The number of hydrogen-bond acceptors (Lipinski definition) is 3. The third-order valence-electron chi connectivity index (χ3n) is 3.29. The van der Waals surface area contributed by atoms with E-state index >= 15 is 0 Å². The Morgan fingerprint density at radius 2 is 2.00 bits per heavy atom. The molecule has 2 rings (SSSR count). The Hall–Kier alpha value is -2.10. The molecule has 0 radical (unpaired) electrons. The van der Waals surface area contributed by atoms with Crippen molar-refractivity contribution in [3.8, 4) is 0 Å². The minimum absolute atomic E-state index is 0.0412. The molecule has 0 spiro atoms. The zero-order valence-corrected chi connectivity index (χ0v) is 12.1. The van der Waals surface area contributed by atoms with Gasteiger partial charge in [-0.15, -0.1) is 0 Å². The molecule has 0 amide bonds. The van der Waals surface area contributed by atoms with E-state index in [0.29, 0.717) is 6.61 Å². The van der Waals surface area contributed by atoms with Crippen LogP contribution in [0.1, 0.15) is 24.5 Å². The van der Waals surface area contributed by atoms with Gasteiger partial charge in [-0.05, 0) is 31.4 Å². The van der Waals surface area contributed by atoms with Crippen molar-refractivity contribution in [3.05, 3.63) is 45.7 Å². The number of hydrogen-bond donors (Lipinski definition) is 0. The lowest BCUT2D eigenvalue weighted by molar-refractivity contribution is -0.144. The van der Waals surface area contributed by atoms with Crippen LogP contribution in [-0.2, 0) is 16.1 Å². The Morgan fingerprint density at radius 1 is 1.25 bits per heavy atom. The summed E-state index contributed by atoms with van der Waals surface area (Å²) in [5.74, 6) is -0.373. The van der Waals surface area contributed by atoms with Gasteiger partial charge in [0, 0.05) is 11.5 Å². The molecule has 0 unspecified atom stereocenters. The van der Waals surface area contributed by atoms with E-state index in [4.69, 9.17) is 4.74 Å². The molecule has 0 bridgehead atoms. The highest BCUT2D eigenvalue weighted by atomic mass is 16.5. The van der Waals surface area contributed by atoms with Crippen LogP contribution < -0.4 is 5.56 Å². The van der Waals surface area contributed by atoms with Crippen molar-refractivity contribution in [3.63, 3.8) is 0 Å². The van der Waals surface area contributed by atoms with Crippen LogP contribution in [0, 0.1) is 13.8 Å². The normalized spacial score (nSPS) is 10.8. The number of aryl methyl sites for hydroxylation is 2. The summed E-state index contributed by atoms with van der Waals surface area (Å²) in [6.07, 6.45) is 0.772. The largest absolute Gasteiger partial charge is 0.464 e. The molecule has 20 heavy (non-hydrogen) atoms. The summed E-state index contributed by atoms with van der Waals surface area (Å²) in [4.78, 5) is 24.0. The SMILES string of the molecule is CCCOC(=O)Cn1c(=O)cc(C)c2cccc(C)c21. The quantitative estimate of drug-likeness (QED) is 0.804. The molecule has 0 N–H and O–H groups in total. The van der Waals surface area contributed by atoms with Crippen LogP contribution in [-0.4, -0.2) is 17.1 Å². The fourth-order valence-corrected chi connectivity index (χ4v) is 2.33. The monoisotopic (exact) mass is 273 g/mol. The van der Waals surface area contributed by atoms with Gasteiger partial charge in [-0.25, -0.2) is 0 Å². The number of fused-ring (bicyclic) bond motifs is 1. The van der Waals surface area contributed by atoms with Crippen molar-refractivity contribution in [2.75, 3.05) is 6.61 Å². The number of carbonyl (C=O) groups is 1. The molecular formula is C16H19NO3. The van der Waals surface area contributed by atoms with E-state index in [0.717, 1.165) is 28.5 Å². The van der Waals surface area contributed by atoms with Crippen molar-refractivity contribution in [1.29, 1.82) is 0 Å². The summed E-state index contributed by atoms with van der Waals surface area (Å²) >= 11 is 0. The number of rotatable bonds is 4. The second-order valence-corrected chi connectivity index (χ2v) is 4.94. The fraction of sp³-hybridized carbons (Fsp3) is 0.375.